The highest BCUT2D eigenvalue weighted by molar-refractivity contribution is 5.71. The minimum Gasteiger partial charge on any atom is -0.462 e. The molecule has 0 aliphatic carbocycles. The Morgan fingerprint density at radius 1 is 0.404 bits per heavy atom. The molecule has 0 heterocycles. The molecule has 0 fully saturated rings. The minimum absolute atomic E-state index is 0.0850. The van der Waals surface area contributed by atoms with Crippen molar-refractivity contribution in [2.24, 2.45) is 0 Å². The van der Waals surface area contributed by atoms with Crippen molar-refractivity contribution in [2.45, 2.75) is 213 Å². The molecule has 1 unspecified atom stereocenters. The Balaban J connectivity index is 4.41. The van der Waals surface area contributed by atoms with Gasteiger partial charge in [-0.3, -0.25) is 14.4 Å². The molecule has 0 amide bonds. The molecule has 0 aliphatic rings. The molecule has 0 bridgehead atoms. The quantitative estimate of drug-likeness (QED) is 0.0207. The van der Waals surface area contributed by atoms with Gasteiger partial charge in [0.15, 0.2) is 6.10 Å². The fraction of sp³-hybridized carbons (Fsp3) is 0.761. The van der Waals surface area contributed by atoms with Crippen molar-refractivity contribution >= 4 is 17.9 Å². The summed E-state index contributed by atoms with van der Waals surface area (Å²) in [5.41, 5.74) is 0. The highest BCUT2D eigenvalue weighted by Gasteiger charge is 2.19. The van der Waals surface area contributed by atoms with Crippen LogP contribution in [-0.2, 0) is 28.6 Å². The predicted octanol–water partition coefficient (Wildman–Crippen LogP) is 13.6. The smallest absolute Gasteiger partial charge is 0.306 e. The van der Waals surface area contributed by atoms with Crippen LogP contribution in [0.2, 0.25) is 0 Å². The molecule has 0 spiro atoms. The van der Waals surface area contributed by atoms with Crippen LogP contribution < -0.4 is 0 Å². The van der Waals surface area contributed by atoms with Gasteiger partial charge in [-0.15, -0.1) is 0 Å². The third-order valence-electron chi connectivity index (χ3n) is 9.13. The van der Waals surface area contributed by atoms with Gasteiger partial charge >= 0.3 is 17.9 Å². The van der Waals surface area contributed by atoms with Gasteiger partial charge < -0.3 is 14.2 Å². The highest BCUT2D eigenvalue weighted by Crippen LogP contribution is 2.14. The zero-order valence-corrected chi connectivity index (χ0v) is 34.1. The first-order valence-electron chi connectivity index (χ1n) is 21.7. The minimum atomic E-state index is -0.779. The van der Waals surface area contributed by atoms with E-state index in [1.165, 1.54) is 64.2 Å². The standard InChI is InChI=1S/C46H80O6/c1-4-7-10-13-16-19-22-23-25-27-30-33-36-39-45(48)51-42-43(41-50-44(47)38-35-32-29-26-21-18-15-12-9-6-3)52-46(49)40-37-34-31-28-24-20-17-14-11-8-5-2/h7,10,13,15-16,18-19,22,43H,4-6,8-9,11-12,14,17,20-21,23-42H2,1-3H3/b10-7-,16-13-,18-15-,22-19-. The van der Waals surface area contributed by atoms with Gasteiger partial charge in [-0.2, -0.15) is 0 Å². The summed E-state index contributed by atoms with van der Waals surface area (Å²) in [4.78, 5) is 37.6. The zero-order valence-electron chi connectivity index (χ0n) is 34.1. The second kappa shape index (κ2) is 41.1. The van der Waals surface area contributed by atoms with E-state index in [1.807, 2.05) is 0 Å². The van der Waals surface area contributed by atoms with Crippen LogP contribution in [0.5, 0.6) is 0 Å². The number of carbonyl (C=O) groups is 3. The molecular formula is C46H80O6. The predicted molar refractivity (Wildman–Crippen MR) is 219 cm³/mol. The van der Waals surface area contributed by atoms with E-state index in [0.717, 1.165) is 103 Å². The van der Waals surface area contributed by atoms with Crippen molar-refractivity contribution in [3.05, 3.63) is 48.6 Å². The summed E-state index contributed by atoms with van der Waals surface area (Å²) in [7, 11) is 0. The molecule has 0 N–H and O–H groups in total. The summed E-state index contributed by atoms with van der Waals surface area (Å²) >= 11 is 0. The third-order valence-corrected chi connectivity index (χ3v) is 9.13. The zero-order chi connectivity index (χ0) is 38.0. The molecule has 0 aromatic heterocycles. The van der Waals surface area contributed by atoms with Crippen LogP contribution in [0.4, 0.5) is 0 Å². The van der Waals surface area contributed by atoms with Crippen LogP contribution in [0, 0.1) is 0 Å². The van der Waals surface area contributed by atoms with Gasteiger partial charge in [0.1, 0.15) is 13.2 Å². The Bertz CT molecular complexity index is 933. The third kappa shape index (κ3) is 38.6. The van der Waals surface area contributed by atoms with E-state index in [2.05, 4.69) is 69.4 Å². The lowest BCUT2D eigenvalue weighted by Gasteiger charge is -2.18. The first kappa shape index (κ1) is 49.4. The molecule has 6 nitrogen and oxygen atoms in total. The van der Waals surface area contributed by atoms with Crippen molar-refractivity contribution in [3.8, 4) is 0 Å². The summed E-state index contributed by atoms with van der Waals surface area (Å²) in [6, 6.07) is 0. The van der Waals surface area contributed by atoms with E-state index >= 15 is 0 Å². The molecule has 0 saturated carbocycles. The monoisotopic (exact) mass is 729 g/mol. The number of esters is 3. The fourth-order valence-electron chi connectivity index (χ4n) is 5.83. The van der Waals surface area contributed by atoms with E-state index in [9.17, 15) is 14.4 Å². The average molecular weight is 729 g/mol. The van der Waals surface area contributed by atoms with Crippen LogP contribution in [0.15, 0.2) is 48.6 Å². The molecule has 52 heavy (non-hydrogen) atoms. The number of hydrogen-bond acceptors (Lipinski definition) is 6. The van der Waals surface area contributed by atoms with Crippen LogP contribution in [-0.4, -0.2) is 37.2 Å². The maximum absolute atomic E-state index is 12.7. The van der Waals surface area contributed by atoms with Gasteiger partial charge in [0.25, 0.3) is 0 Å². The normalized spacial score (nSPS) is 12.4. The Hall–Kier alpha value is -2.63. The van der Waals surface area contributed by atoms with Crippen molar-refractivity contribution in [3.63, 3.8) is 0 Å². The first-order valence-corrected chi connectivity index (χ1v) is 21.7. The summed E-state index contributed by atoms with van der Waals surface area (Å²) in [5.74, 6) is -0.922. The summed E-state index contributed by atoms with van der Waals surface area (Å²) in [5, 5.41) is 0. The van der Waals surface area contributed by atoms with E-state index in [0.29, 0.717) is 19.3 Å². The molecule has 300 valence electrons. The van der Waals surface area contributed by atoms with E-state index in [1.54, 1.807) is 0 Å². The van der Waals surface area contributed by atoms with Gasteiger partial charge in [-0.05, 0) is 57.8 Å². The van der Waals surface area contributed by atoms with Crippen molar-refractivity contribution in [1.29, 1.82) is 0 Å². The van der Waals surface area contributed by atoms with Gasteiger partial charge in [-0.25, -0.2) is 0 Å². The Kier molecular flexibility index (Phi) is 39.1. The number of allylic oxidation sites excluding steroid dienone is 8. The molecule has 0 rings (SSSR count). The summed E-state index contributed by atoms with van der Waals surface area (Å²) in [6.07, 6.45) is 46.6. The van der Waals surface area contributed by atoms with Crippen LogP contribution >= 0.6 is 0 Å². The number of rotatable bonds is 38. The molecule has 0 aliphatic heterocycles. The first-order chi connectivity index (χ1) is 25.5. The number of carbonyl (C=O) groups excluding carboxylic acids is 3. The maximum Gasteiger partial charge on any atom is 0.306 e. The molecule has 0 aromatic carbocycles. The maximum atomic E-state index is 12.7. The highest BCUT2D eigenvalue weighted by atomic mass is 16.6. The number of ether oxygens (including phenoxy) is 3. The SMILES string of the molecule is CC\C=C/C=C\C=C/CCCCCCCC(=O)OCC(COC(=O)CCCCCC/C=C\CCCC)OC(=O)CCCCCCCCCCCCC. The van der Waals surface area contributed by atoms with E-state index in [4.69, 9.17) is 14.2 Å². The molecular weight excluding hydrogens is 648 g/mol. The van der Waals surface area contributed by atoms with Gasteiger partial charge in [0.05, 0.1) is 0 Å². The largest absolute Gasteiger partial charge is 0.462 e. The Morgan fingerprint density at radius 2 is 0.788 bits per heavy atom. The van der Waals surface area contributed by atoms with Gasteiger partial charge in [-0.1, -0.05) is 179 Å². The molecule has 0 saturated heterocycles. The van der Waals surface area contributed by atoms with Crippen molar-refractivity contribution in [1.82, 2.24) is 0 Å². The van der Waals surface area contributed by atoms with Crippen LogP contribution in [0.1, 0.15) is 207 Å². The van der Waals surface area contributed by atoms with Crippen molar-refractivity contribution < 1.29 is 28.6 Å². The Labute approximate surface area is 320 Å². The van der Waals surface area contributed by atoms with Gasteiger partial charge in [0.2, 0.25) is 0 Å². The van der Waals surface area contributed by atoms with E-state index in [-0.39, 0.29) is 31.1 Å². The molecule has 0 aromatic rings. The Morgan fingerprint density at radius 3 is 1.27 bits per heavy atom. The number of unbranched alkanes of at least 4 members (excludes halogenated alkanes) is 21. The lowest BCUT2D eigenvalue weighted by atomic mass is 10.1. The lowest BCUT2D eigenvalue weighted by molar-refractivity contribution is -0.167. The molecule has 0 radical (unpaired) electrons. The van der Waals surface area contributed by atoms with E-state index < -0.39 is 6.10 Å². The number of hydrogen-bond donors (Lipinski definition) is 0. The average Bonchev–Trinajstić information content (AvgIpc) is 3.14. The van der Waals surface area contributed by atoms with Gasteiger partial charge in [0, 0.05) is 19.3 Å². The summed E-state index contributed by atoms with van der Waals surface area (Å²) < 4.78 is 16.6. The summed E-state index contributed by atoms with van der Waals surface area (Å²) in [6.45, 7) is 6.41. The molecule has 6 heteroatoms. The van der Waals surface area contributed by atoms with Crippen LogP contribution in [0.3, 0.4) is 0 Å². The van der Waals surface area contributed by atoms with Crippen molar-refractivity contribution in [2.75, 3.05) is 13.2 Å². The second-order valence-corrected chi connectivity index (χ2v) is 14.3. The van der Waals surface area contributed by atoms with Crippen LogP contribution in [0.25, 0.3) is 0 Å². The lowest BCUT2D eigenvalue weighted by Crippen LogP contribution is -2.30. The topological polar surface area (TPSA) is 78.9 Å². The fourth-order valence-corrected chi connectivity index (χ4v) is 5.83. The molecule has 1 atom stereocenters. The second-order valence-electron chi connectivity index (χ2n) is 14.3.